The van der Waals surface area contributed by atoms with E-state index in [1.807, 2.05) is 68.5 Å². The van der Waals surface area contributed by atoms with Crippen LogP contribution in [-0.4, -0.2) is 40.5 Å². The van der Waals surface area contributed by atoms with Gasteiger partial charge in [0.25, 0.3) is 5.56 Å². The monoisotopic (exact) mass is 439 g/mol. The summed E-state index contributed by atoms with van der Waals surface area (Å²) in [5.41, 5.74) is 7.37. The summed E-state index contributed by atoms with van der Waals surface area (Å²) < 4.78 is 1.56. The van der Waals surface area contributed by atoms with E-state index in [1.54, 1.807) is 10.6 Å². The molecule has 0 aliphatic heterocycles. The fourth-order valence-electron chi connectivity index (χ4n) is 2.89. The maximum atomic E-state index is 13.4. The van der Waals surface area contributed by atoms with Gasteiger partial charge in [-0.1, -0.05) is 30.4 Å². The fraction of sp³-hybridized carbons (Fsp3) is 0.364. The highest BCUT2D eigenvalue weighted by molar-refractivity contribution is 7.15. The number of hydrogen-bond acceptors (Lipinski definition) is 7. The average molecular weight is 440 g/mol. The largest absolute Gasteiger partial charge is 0.365 e. The van der Waals surface area contributed by atoms with Crippen molar-refractivity contribution in [1.29, 1.82) is 5.26 Å². The number of nitrogens with zero attached hydrogens (tertiary/aromatic N) is 5. The molecule has 0 aliphatic rings. The molecule has 0 fully saturated rings. The molecule has 1 atom stereocenters. The van der Waals surface area contributed by atoms with Crippen LogP contribution in [0, 0.1) is 11.3 Å². The topological polar surface area (TPSA) is 112 Å². The zero-order valence-corrected chi connectivity index (χ0v) is 19.2. The molecule has 0 aromatic carbocycles. The lowest BCUT2D eigenvalue weighted by atomic mass is 10.0. The predicted molar refractivity (Wildman–Crippen MR) is 128 cm³/mol. The molecule has 2 aromatic rings. The van der Waals surface area contributed by atoms with Crippen LogP contribution in [-0.2, 0) is 0 Å². The number of aromatic nitrogens is 2. The fourth-order valence-corrected chi connectivity index (χ4v) is 3.61. The lowest BCUT2D eigenvalue weighted by molar-refractivity contribution is 0.356. The van der Waals surface area contributed by atoms with Crippen LogP contribution in [0.2, 0.25) is 0 Å². The first-order chi connectivity index (χ1) is 15.0. The number of aliphatic imine (C=N–C) groups is 1. The molecule has 9 heteroatoms. The summed E-state index contributed by atoms with van der Waals surface area (Å²) in [6, 6.07) is 1.79. The minimum absolute atomic E-state index is 0.119. The van der Waals surface area contributed by atoms with Crippen molar-refractivity contribution in [3.05, 3.63) is 63.6 Å². The van der Waals surface area contributed by atoms with E-state index >= 15 is 0 Å². The van der Waals surface area contributed by atoms with E-state index < -0.39 is 0 Å². The Labute approximate surface area is 186 Å². The van der Waals surface area contributed by atoms with Crippen LogP contribution < -0.4 is 16.6 Å². The first kappa shape index (κ1) is 24.2. The highest BCUT2D eigenvalue weighted by Crippen LogP contribution is 2.24. The number of thiazole rings is 1. The zero-order valence-electron chi connectivity index (χ0n) is 18.4. The minimum atomic E-state index is -0.343. The summed E-state index contributed by atoms with van der Waals surface area (Å²) in [6.07, 6.45) is 11.3. The van der Waals surface area contributed by atoms with Crippen LogP contribution in [0.1, 0.15) is 44.5 Å². The summed E-state index contributed by atoms with van der Waals surface area (Å²) in [5.74, 6) is 0.527. The van der Waals surface area contributed by atoms with E-state index in [0.717, 1.165) is 5.57 Å². The standard InChI is InChI=1S/C22H29N7OS/c1-5-7-9-17(8-6-2)19-20(27-22-29(21(19)30)12-13-31-22)16(3)26-18(10-11-23)25-15-28(4)14-24/h5-9,12-13,16H,10,14-15,24H2,1-4H3,(H,25,26)/b7-5-,8-6-,17-9+. The molecule has 164 valence electrons. The Morgan fingerprint density at radius 3 is 2.90 bits per heavy atom. The van der Waals surface area contributed by atoms with Crippen LogP contribution in [0.3, 0.4) is 0 Å². The maximum Gasteiger partial charge on any atom is 0.266 e. The highest BCUT2D eigenvalue weighted by Gasteiger charge is 2.21. The van der Waals surface area contributed by atoms with Crippen LogP contribution in [0.15, 0.2) is 51.7 Å². The van der Waals surface area contributed by atoms with Crippen molar-refractivity contribution in [2.75, 3.05) is 20.4 Å². The molecule has 31 heavy (non-hydrogen) atoms. The zero-order chi connectivity index (χ0) is 22.8. The molecule has 0 saturated carbocycles. The van der Waals surface area contributed by atoms with Gasteiger partial charge < -0.3 is 11.1 Å². The number of fused-ring (bicyclic) bond motifs is 1. The van der Waals surface area contributed by atoms with Crippen LogP contribution in [0.5, 0.6) is 0 Å². The Morgan fingerprint density at radius 2 is 2.26 bits per heavy atom. The Kier molecular flexibility index (Phi) is 9.34. The second-order valence-corrected chi connectivity index (χ2v) is 7.74. The van der Waals surface area contributed by atoms with E-state index in [0.29, 0.717) is 35.4 Å². The summed E-state index contributed by atoms with van der Waals surface area (Å²) >= 11 is 1.40. The van der Waals surface area contributed by atoms with E-state index in [4.69, 9.17) is 10.7 Å². The van der Waals surface area contributed by atoms with Crippen molar-refractivity contribution in [3.8, 4) is 6.07 Å². The Morgan fingerprint density at radius 1 is 1.48 bits per heavy atom. The molecule has 2 aromatic heterocycles. The van der Waals surface area contributed by atoms with Crippen molar-refractivity contribution >= 4 is 27.7 Å². The summed E-state index contributed by atoms with van der Waals surface area (Å²) in [4.78, 5) is 25.0. The van der Waals surface area contributed by atoms with E-state index in [9.17, 15) is 10.1 Å². The second kappa shape index (κ2) is 12.0. The van der Waals surface area contributed by atoms with Gasteiger partial charge in [0.1, 0.15) is 5.84 Å². The molecule has 0 bridgehead atoms. The quantitative estimate of drug-likeness (QED) is 0.269. The number of nitriles is 1. The summed E-state index contributed by atoms with van der Waals surface area (Å²) in [6.45, 7) is 6.47. The van der Waals surface area contributed by atoms with E-state index in [2.05, 4.69) is 16.4 Å². The number of allylic oxidation sites excluding steroid dienone is 6. The molecule has 2 heterocycles. The van der Waals surface area contributed by atoms with E-state index in [-0.39, 0.29) is 18.0 Å². The van der Waals surface area contributed by atoms with Gasteiger partial charge in [-0.15, -0.1) is 11.3 Å². The third kappa shape index (κ3) is 6.21. The lowest BCUT2D eigenvalue weighted by Crippen LogP contribution is -2.32. The van der Waals surface area contributed by atoms with Crippen LogP contribution in [0.4, 0.5) is 0 Å². The van der Waals surface area contributed by atoms with Crippen molar-refractivity contribution in [2.45, 2.75) is 33.2 Å². The van der Waals surface area contributed by atoms with Crippen molar-refractivity contribution in [2.24, 2.45) is 10.7 Å². The van der Waals surface area contributed by atoms with Gasteiger partial charge in [-0.2, -0.15) is 5.26 Å². The number of rotatable bonds is 9. The molecule has 0 aliphatic carbocycles. The van der Waals surface area contributed by atoms with Gasteiger partial charge >= 0.3 is 0 Å². The molecular formula is C22H29N7OS. The van der Waals surface area contributed by atoms with Crippen LogP contribution >= 0.6 is 11.3 Å². The average Bonchev–Trinajstić information content (AvgIpc) is 3.24. The van der Waals surface area contributed by atoms with Crippen molar-refractivity contribution in [3.63, 3.8) is 0 Å². The molecule has 3 N–H and O–H groups in total. The number of hydrogen-bond donors (Lipinski definition) is 2. The highest BCUT2D eigenvalue weighted by atomic mass is 32.1. The van der Waals surface area contributed by atoms with E-state index in [1.165, 1.54) is 11.3 Å². The van der Waals surface area contributed by atoms with Gasteiger partial charge in [-0.05, 0) is 33.4 Å². The first-order valence-corrected chi connectivity index (χ1v) is 10.9. The van der Waals surface area contributed by atoms with Crippen molar-refractivity contribution < 1.29 is 0 Å². The molecule has 2 rings (SSSR count). The normalized spacial score (nSPS) is 14.1. The lowest BCUT2D eigenvalue weighted by Gasteiger charge is -2.19. The summed E-state index contributed by atoms with van der Waals surface area (Å²) in [5, 5.41) is 14.3. The van der Waals surface area contributed by atoms with Crippen molar-refractivity contribution in [1.82, 2.24) is 19.6 Å². The third-order valence-electron chi connectivity index (χ3n) is 4.45. The molecule has 0 saturated heterocycles. The van der Waals surface area contributed by atoms with Gasteiger partial charge in [0.15, 0.2) is 4.96 Å². The summed E-state index contributed by atoms with van der Waals surface area (Å²) in [7, 11) is 1.84. The minimum Gasteiger partial charge on any atom is -0.365 e. The first-order valence-electron chi connectivity index (χ1n) is 9.98. The predicted octanol–water partition coefficient (Wildman–Crippen LogP) is 3.06. The number of amidine groups is 1. The van der Waals surface area contributed by atoms with Gasteiger partial charge in [0.05, 0.1) is 36.5 Å². The number of nitrogens with one attached hydrogen (secondary N) is 1. The Hall–Kier alpha value is -3.06. The van der Waals surface area contributed by atoms with Gasteiger partial charge in [0, 0.05) is 18.2 Å². The molecule has 0 radical (unpaired) electrons. The second-order valence-electron chi connectivity index (χ2n) is 6.87. The van der Waals surface area contributed by atoms with Gasteiger partial charge in [0.2, 0.25) is 0 Å². The molecule has 0 amide bonds. The van der Waals surface area contributed by atoms with Crippen LogP contribution in [0.25, 0.3) is 10.5 Å². The SMILES string of the molecule is C\C=C/C=C(\C=C/C)c1c(C(C)N/C(CC#N)=N/CN(C)CN)nc2sccn2c1=O. The Bertz CT molecular complexity index is 1100. The molecule has 1 unspecified atom stereocenters. The molecule has 8 nitrogen and oxygen atoms in total. The van der Waals surface area contributed by atoms with Gasteiger partial charge in [-0.25, -0.2) is 4.98 Å². The maximum absolute atomic E-state index is 13.4. The van der Waals surface area contributed by atoms with Gasteiger partial charge in [-0.3, -0.25) is 19.1 Å². The number of nitrogens with two attached hydrogens (primary N) is 1. The third-order valence-corrected chi connectivity index (χ3v) is 5.21. The molecular weight excluding hydrogens is 410 g/mol. The molecule has 0 spiro atoms. The Balaban J connectivity index is 2.59. The smallest absolute Gasteiger partial charge is 0.266 e.